The molecule has 0 N–H and O–H groups in total. The number of halogens is 1. The Bertz CT molecular complexity index is 276. The van der Waals surface area contributed by atoms with E-state index in [1.165, 1.54) is 5.56 Å². The Balaban J connectivity index is 2.64. The van der Waals surface area contributed by atoms with E-state index in [0.29, 0.717) is 0 Å². The first-order valence-corrected chi connectivity index (χ1v) is 5.13. The average molecular weight is 215 g/mol. The highest BCUT2D eigenvalue weighted by Crippen LogP contribution is 2.14. The predicted octanol–water partition coefficient (Wildman–Crippen LogP) is 2.47. The van der Waals surface area contributed by atoms with Gasteiger partial charge in [-0.05, 0) is 24.3 Å². The van der Waals surface area contributed by atoms with Crippen LogP contribution in [0, 0.1) is 0 Å². The molecule has 1 aromatic carbocycles. The number of alkyl halides is 1. The maximum absolute atomic E-state index is 5.46. The number of ether oxygens (including phenoxy) is 1. The quantitative estimate of drug-likeness (QED) is 0.553. The molecule has 0 atom stereocenters. The lowest BCUT2D eigenvalue weighted by Gasteiger charge is -2.23. The number of rotatable bonds is 4. The van der Waals surface area contributed by atoms with Crippen molar-refractivity contribution < 1.29 is 9.22 Å². The van der Waals surface area contributed by atoms with Crippen LogP contribution >= 0.6 is 11.6 Å². The Morgan fingerprint density at radius 2 is 1.71 bits per heavy atom. The molecule has 0 heterocycles. The Hall–Kier alpha value is -0.730. The molecule has 0 aliphatic rings. The van der Waals surface area contributed by atoms with Gasteiger partial charge >= 0.3 is 0 Å². The lowest BCUT2D eigenvalue weighted by atomic mass is 10.2. The summed E-state index contributed by atoms with van der Waals surface area (Å²) >= 11 is 5.46. The first kappa shape index (κ1) is 11.3. The highest BCUT2D eigenvalue weighted by Gasteiger charge is 2.07. The predicted molar refractivity (Wildman–Crippen MR) is 59.5 cm³/mol. The van der Waals surface area contributed by atoms with Crippen LogP contribution in [-0.4, -0.2) is 31.7 Å². The molecule has 0 spiro atoms. The molecule has 0 aliphatic carbocycles. The van der Waals surface area contributed by atoms with Crippen LogP contribution in [0.5, 0.6) is 5.75 Å². The zero-order valence-corrected chi connectivity index (χ0v) is 9.71. The van der Waals surface area contributed by atoms with E-state index < -0.39 is 0 Å². The number of nitrogens with zero attached hydrogens (tertiary/aromatic N) is 1. The van der Waals surface area contributed by atoms with E-state index in [1.807, 2.05) is 12.1 Å². The van der Waals surface area contributed by atoms with E-state index in [-0.39, 0.29) is 6.07 Å². The summed E-state index contributed by atoms with van der Waals surface area (Å²) in [4.78, 5) is 0. The normalized spacial score (nSPS) is 11.4. The molecular weight excluding hydrogens is 198 g/mol. The van der Waals surface area contributed by atoms with Crippen LogP contribution in [0.15, 0.2) is 24.3 Å². The van der Waals surface area contributed by atoms with Crippen molar-refractivity contribution in [3.05, 3.63) is 29.8 Å². The van der Waals surface area contributed by atoms with E-state index in [0.717, 1.165) is 16.8 Å². The summed E-state index contributed by atoms with van der Waals surface area (Å²) in [5.41, 5.74) is 1.31. The second-order valence-electron chi connectivity index (χ2n) is 4.35. The second-order valence-corrected chi connectivity index (χ2v) is 4.56. The molecule has 14 heavy (non-hydrogen) atoms. The van der Waals surface area contributed by atoms with Gasteiger partial charge in [0, 0.05) is 5.56 Å². The van der Waals surface area contributed by atoms with Crippen LogP contribution in [0.25, 0.3) is 0 Å². The van der Waals surface area contributed by atoms with E-state index in [9.17, 15) is 0 Å². The molecule has 0 aromatic heterocycles. The van der Waals surface area contributed by atoms with Gasteiger partial charge in [0.15, 0.2) is 6.07 Å². The summed E-state index contributed by atoms with van der Waals surface area (Å²) < 4.78 is 6.08. The molecule has 0 saturated heterocycles. The fraction of sp³-hybridized carbons (Fsp3) is 0.455. The fourth-order valence-corrected chi connectivity index (χ4v) is 1.43. The summed E-state index contributed by atoms with van der Waals surface area (Å²) in [5, 5.41) is 0. The van der Waals surface area contributed by atoms with Crippen LogP contribution in [0.2, 0.25) is 0 Å². The molecule has 78 valence electrons. The summed E-state index contributed by atoms with van der Waals surface area (Å²) in [5.74, 6) is 0.824. The summed E-state index contributed by atoms with van der Waals surface area (Å²) in [6.07, 6.45) is 0. The van der Waals surface area contributed by atoms with Gasteiger partial charge in [0.2, 0.25) is 0 Å². The Labute approximate surface area is 90.6 Å². The molecule has 0 saturated carbocycles. The molecule has 0 unspecified atom stereocenters. The van der Waals surface area contributed by atoms with Crippen molar-refractivity contribution in [1.82, 2.24) is 0 Å². The highest BCUT2D eigenvalue weighted by atomic mass is 35.5. The molecule has 2 nitrogen and oxygen atoms in total. The average Bonchev–Trinajstić information content (AvgIpc) is 2.06. The monoisotopic (exact) mass is 214 g/mol. The zero-order valence-electron chi connectivity index (χ0n) is 8.96. The number of quaternary nitrogens is 1. The van der Waals surface area contributed by atoms with Gasteiger partial charge in [0.25, 0.3) is 0 Å². The molecule has 3 heteroatoms. The maximum Gasteiger partial charge on any atom is 0.162 e. The minimum atomic E-state index is 0.203. The SMILES string of the molecule is C[N+](C)(C)Cc1ccc(OCCl)cc1. The molecule has 0 bridgehead atoms. The standard InChI is InChI=1S/C11H17ClNO/c1-13(2,3)8-10-4-6-11(7-5-10)14-9-12/h4-7H,8-9H2,1-3H3/q+1. The molecular formula is C11H17ClNO+. The van der Waals surface area contributed by atoms with Crippen molar-refractivity contribution in [3.8, 4) is 5.75 Å². The van der Waals surface area contributed by atoms with Crippen molar-refractivity contribution in [3.63, 3.8) is 0 Å². The lowest BCUT2D eigenvalue weighted by molar-refractivity contribution is -0.884. The molecule has 0 fully saturated rings. The molecule has 1 rings (SSSR count). The summed E-state index contributed by atoms with van der Waals surface area (Å²) in [6, 6.07) is 8.26. The zero-order chi connectivity index (χ0) is 10.6. The van der Waals surface area contributed by atoms with Gasteiger partial charge < -0.3 is 9.22 Å². The van der Waals surface area contributed by atoms with Crippen LogP contribution < -0.4 is 4.74 Å². The summed E-state index contributed by atoms with van der Waals surface area (Å²) in [7, 11) is 6.51. The topological polar surface area (TPSA) is 9.23 Å². The first-order chi connectivity index (χ1) is 6.51. The second kappa shape index (κ2) is 4.67. The van der Waals surface area contributed by atoms with Gasteiger partial charge in [-0.15, -0.1) is 0 Å². The third-order valence-electron chi connectivity index (χ3n) is 1.80. The third kappa shape index (κ3) is 3.99. The van der Waals surface area contributed by atoms with E-state index in [2.05, 4.69) is 33.3 Å². The maximum atomic E-state index is 5.46. The number of benzene rings is 1. The molecule has 0 aliphatic heterocycles. The number of hydrogen-bond acceptors (Lipinski definition) is 1. The Morgan fingerprint density at radius 1 is 1.14 bits per heavy atom. The van der Waals surface area contributed by atoms with Crippen molar-refractivity contribution >= 4 is 11.6 Å². The van der Waals surface area contributed by atoms with Gasteiger partial charge in [-0.25, -0.2) is 0 Å². The van der Waals surface area contributed by atoms with Crippen molar-refractivity contribution in [2.45, 2.75) is 6.54 Å². The van der Waals surface area contributed by atoms with Gasteiger partial charge in [0.05, 0.1) is 21.1 Å². The largest absolute Gasteiger partial charge is 0.478 e. The van der Waals surface area contributed by atoms with E-state index in [1.54, 1.807) is 0 Å². The minimum Gasteiger partial charge on any atom is -0.478 e. The Kier molecular flexibility index (Phi) is 3.78. The highest BCUT2D eigenvalue weighted by molar-refractivity contribution is 6.17. The molecule has 1 aromatic rings. The number of hydrogen-bond donors (Lipinski definition) is 0. The fourth-order valence-electron chi connectivity index (χ4n) is 1.30. The van der Waals surface area contributed by atoms with Crippen molar-refractivity contribution in [1.29, 1.82) is 0 Å². The third-order valence-corrected chi connectivity index (χ3v) is 1.91. The summed E-state index contributed by atoms with van der Waals surface area (Å²) in [6.45, 7) is 1.02. The van der Waals surface area contributed by atoms with Crippen LogP contribution in [0.4, 0.5) is 0 Å². The minimum absolute atomic E-state index is 0.203. The van der Waals surface area contributed by atoms with E-state index >= 15 is 0 Å². The van der Waals surface area contributed by atoms with Crippen molar-refractivity contribution in [2.75, 3.05) is 27.2 Å². The van der Waals surface area contributed by atoms with Crippen molar-refractivity contribution in [2.24, 2.45) is 0 Å². The van der Waals surface area contributed by atoms with E-state index in [4.69, 9.17) is 16.3 Å². The van der Waals surface area contributed by atoms with Crippen LogP contribution in [0.1, 0.15) is 5.56 Å². The van der Waals surface area contributed by atoms with Gasteiger partial charge in [-0.1, -0.05) is 11.6 Å². The van der Waals surface area contributed by atoms with Crippen LogP contribution in [-0.2, 0) is 6.54 Å². The molecule has 0 radical (unpaired) electrons. The lowest BCUT2D eigenvalue weighted by Crippen LogP contribution is -2.33. The van der Waals surface area contributed by atoms with Crippen LogP contribution in [0.3, 0.4) is 0 Å². The van der Waals surface area contributed by atoms with Gasteiger partial charge in [0.1, 0.15) is 12.3 Å². The van der Waals surface area contributed by atoms with Gasteiger partial charge in [-0.3, -0.25) is 0 Å². The first-order valence-electron chi connectivity index (χ1n) is 4.59. The van der Waals surface area contributed by atoms with Gasteiger partial charge in [-0.2, -0.15) is 0 Å². The smallest absolute Gasteiger partial charge is 0.162 e. The molecule has 0 amide bonds. The Morgan fingerprint density at radius 3 is 2.14 bits per heavy atom.